The van der Waals surface area contributed by atoms with E-state index in [9.17, 15) is 9.18 Å². The van der Waals surface area contributed by atoms with Crippen molar-refractivity contribution in [2.75, 3.05) is 12.4 Å². The molecule has 6 heteroatoms. The molecule has 0 radical (unpaired) electrons. The highest BCUT2D eigenvalue weighted by molar-refractivity contribution is 6.04. The lowest BCUT2D eigenvalue weighted by Crippen LogP contribution is -2.13. The number of amides is 1. The van der Waals surface area contributed by atoms with Crippen molar-refractivity contribution in [3.8, 4) is 17.1 Å². The Hall–Kier alpha value is -3.15. The second-order valence-electron chi connectivity index (χ2n) is 5.24. The van der Waals surface area contributed by atoms with Crippen molar-refractivity contribution in [1.29, 1.82) is 0 Å². The SMILES string of the molecule is COc1ccc(C)cc1NC(=O)c1cc(-c2ccc(F)cc2)on1. The molecule has 2 aromatic carbocycles. The summed E-state index contributed by atoms with van der Waals surface area (Å²) in [6, 6.07) is 12.7. The number of benzene rings is 2. The monoisotopic (exact) mass is 326 g/mol. The first kappa shape index (κ1) is 15.7. The quantitative estimate of drug-likeness (QED) is 0.785. The number of nitrogens with zero attached hydrogens (tertiary/aromatic N) is 1. The van der Waals surface area contributed by atoms with Crippen molar-refractivity contribution in [3.63, 3.8) is 0 Å². The fourth-order valence-electron chi connectivity index (χ4n) is 2.24. The summed E-state index contributed by atoms with van der Waals surface area (Å²) in [6.07, 6.45) is 0. The number of ether oxygens (including phenoxy) is 1. The smallest absolute Gasteiger partial charge is 0.277 e. The molecule has 122 valence electrons. The van der Waals surface area contributed by atoms with Crippen LogP contribution in [0.25, 0.3) is 11.3 Å². The maximum atomic E-state index is 13.0. The maximum absolute atomic E-state index is 13.0. The van der Waals surface area contributed by atoms with Crippen molar-refractivity contribution in [1.82, 2.24) is 5.16 Å². The molecule has 0 bridgehead atoms. The summed E-state index contributed by atoms with van der Waals surface area (Å²) in [5.74, 6) is 0.173. The summed E-state index contributed by atoms with van der Waals surface area (Å²) < 4.78 is 23.4. The van der Waals surface area contributed by atoms with Gasteiger partial charge in [0.25, 0.3) is 5.91 Å². The van der Waals surface area contributed by atoms with Crippen molar-refractivity contribution >= 4 is 11.6 Å². The Balaban J connectivity index is 1.81. The number of nitrogens with one attached hydrogen (secondary N) is 1. The molecule has 0 aliphatic carbocycles. The third kappa shape index (κ3) is 3.27. The van der Waals surface area contributed by atoms with E-state index in [1.807, 2.05) is 13.0 Å². The van der Waals surface area contributed by atoms with Gasteiger partial charge in [-0.15, -0.1) is 0 Å². The highest BCUT2D eigenvalue weighted by Crippen LogP contribution is 2.26. The third-order valence-corrected chi connectivity index (χ3v) is 3.47. The summed E-state index contributed by atoms with van der Waals surface area (Å²) in [6.45, 7) is 1.91. The van der Waals surface area contributed by atoms with Crippen LogP contribution in [0.2, 0.25) is 0 Å². The zero-order valence-electron chi connectivity index (χ0n) is 13.2. The lowest BCUT2D eigenvalue weighted by molar-refractivity contribution is 0.101. The van der Waals surface area contributed by atoms with Crippen LogP contribution in [0.1, 0.15) is 16.1 Å². The van der Waals surface area contributed by atoms with Gasteiger partial charge in [-0.05, 0) is 48.9 Å². The van der Waals surface area contributed by atoms with Gasteiger partial charge in [-0.1, -0.05) is 11.2 Å². The molecular weight excluding hydrogens is 311 g/mol. The lowest BCUT2D eigenvalue weighted by Gasteiger charge is -2.09. The molecule has 0 unspecified atom stereocenters. The van der Waals surface area contributed by atoms with Gasteiger partial charge in [0.2, 0.25) is 0 Å². The van der Waals surface area contributed by atoms with E-state index in [2.05, 4.69) is 10.5 Å². The Bertz CT molecular complexity index is 872. The first-order valence-corrected chi connectivity index (χ1v) is 7.25. The normalized spacial score (nSPS) is 10.5. The van der Waals surface area contributed by atoms with E-state index >= 15 is 0 Å². The van der Waals surface area contributed by atoms with Crippen LogP contribution in [0.3, 0.4) is 0 Å². The third-order valence-electron chi connectivity index (χ3n) is 3.47. The molecule has 0 saturated heterocycles. The van der Waals surface area contributed by atoms with Gasteiger partial charge < -0.3 is 14.6 Å². The number of halogens is 1. The Morgan fingerprint density at radius 1 is 1.17 bits per heavy atom. The number of anilines is 1. The molecule has 1 N–H and O–H groups in total. The molecule has 0 saturated carbocycles. The molecule has 0 aliphatic rings. The molecule has 0 aliphatic heterocycles. The zero-order valence-corrected chi connectivity index (χ0v) is 13.2. The van der Waals surface area contributed by atoms with E-state index in [1.165, 1.54) is 25.3 Å². The summed E-state index contributed by atoms with van der Waals surface area (Å²) >= 11 is 0. The number of carbonyl (C=O) groups is 1. The van der Waals surface area contributed by atoms with E-state index in [0.717, 1.165) is 5.56 Å². The highest BCUT2D eigenvalue weighted by Gasteiger charge is 2.16. The van der Waals surface area contributed by atoms with E-state index in [-0.39, 0.29) is 11.5 Å². The largest absolute Gasteiger partial charge is 0.495 e. The molecule has 5 nitrogen and oxygen atoms in total. The van der Waals surface area contributed by atoms with Crippen molar-refractivity contribution < 1.29 is 18.4 Å². The molecule has 0 atom stereocenters. The minimum Gasteiger partial charge on any atom is -0.495 e. The van der Waals surface area contributed by atoms with Crippen molar-refractivity contribution in [2.24, 2.45) is 0 Å². The predicted molar refractivity (Wildman–Crippen MR) is 87.6 cm³/mol. The number of aryl methyl sites for hydroxylation is 1. The van der Waals surface area contributed by atoms with Crippen LogP contribution >= 0.6 is 0 Å². The van der Waals surface area contributed by atoms with Crippen LogP contribution in [-0.4, -0.2) is 18.2 Å². The van der Waals surface area contributed by atoms with E-state index in [4.69, 9.17) is 9.26 Å². The Labute approximate surface area is 138 Å². The highest BCUT2D eigenvalue weighted by atomic mass is 19.1. The van der Waals surface area contributed by atoms with E-state index in [1.54, 1.807) is 24.3 Å². The number of hydrogen-bond acceptors (Lipinski definition) is 4. The molecule has 1 heterocycles. The summed E-state index contributed by atoms with van der Waals surface area (Å²) in [5.41, 5.74) is 2.29. The first-order chi connectivity index (χ1) is 11.6. The molecule has 3 rings (SSSR count). The Morgan fingerprint density at radius 2 is 1.92 bits per heavy atom. The Morgan fingerprint density at radius 3 is 2.62 bits per heavy atom. The van der Waals surface area contributed by atoms with E-state index in [0.29, 0.717) is 22.8 Å². The lowest BCUT2D eigenvalue weighted by atomic mass is 10.1. The van der Waals surface area contributed by atoms with Crippen molar-refractivity contribution in [3.05, 3.63) is 65.6 Å². The van der Waals surface area contributed by atoms with Crippen molar-refractivity contribution in [2.45, 2.75) is 6.92 Å². The summed E-state index contributed by atoms with van der Waals surface area (Å²) in [7, 11) is 1.53. The molecule has 1 aromatic heterocycles. The number of carbonyl (C=O) groups excluding carboxylic acids is 1. The zero-order chi connectivity index (χ0) is 17.1. The van der Waals surface area contributed by atoms with Gasteiger partial charge in [0.05, 0.1) is 12.8 Å². The second kappa shape index (κ2) is 6.54. The van der Waals surface area contributed by atoms with Gasteiger partial charge in [-0.25, -0.2) is 4.39 Å². The standard InChI is InChI=1S/C18H15FN2O3/c1-11-3-8-16(23-2)14(9-11)20-18(22)15-10-17(24-21-15)12-4-6-13(19)7-5-12/h3-10H,1-2H3,(H,20,22). The average Bonchev–Trinajstić information content (AvgIpc) is 3.06. The molecule has 24 heavy (non-hydrogen) atoms. The van der Waals surface area contributed by atoms with Gasteiger partial charge in [-0.3, -0.25) is 4.79 Å². The topological polar surface area (TPSA) is 64.4 Å². The second-order valence-corrected chi connectivity index (χ2v) is 5.24. The van der Waals surface area contributed by atoms with Crippen LogP contribution in [0.15, 0.2) is 53.1 Å². The van der Waals surface area contributed by atoms with Crippen LogP contribution in [-0.2, 0) is 0 Å². The van der Waals surface area contributed by atoms with Gasteiger partial charge in [0.1, 0.15) is 11.6 Å². The molecule has 0 fully saturated rings. The minimum atomic E-state index is -0.420. The predicted octanol–water partition coefficient (Wildman–Crippen LogP) is 4.05. The van der Waals surface area contributed by atoms with Crippen LogP contribution in [0.5, 0.6) is 5.75 Å². The number of hydrogen-bond donors (Lipinski definition) is 1. The van der Waals surface area contributed by atoms with Gasteiger partial charge in [0, 0.05) is 11.6 Å². The van der Waals surface area contributed by atoms with Crippen LogP contribution in [0, 0.1) is 12.7 Å². The summed E-state index contributed by atoms with van der Waals surface area (Å²) in [5, 5.41) is 6.51. The van der Waals surface area contributed by atoms with Crippen LogP contribution in [0.4, 0.5) is 10.1 Å². The summed E-state index contributed by atoms with van der Waals surface area (Å²) in [4.78, 5) is 12.3. The number of methoxy groups -OCH3 is 1. The molecule has 0 spiro atoms. The van der Waals surface area contributed by atoms with Gasteiger partial charge in [0.15, 0.2) is 11.5 Å². The van der Waals surface area contributed by atoms with Gasteiger partial charge in [-0.2, -0.15) is 0 Å². The number of aromatic nitrogens is 1. The first-order valence-electron chi connectivity index (χ1n) is 7.25. The van der Waals surface area contributed by atoms with Crippen LogP contribution < -0.4 is 10.1 Å². The molecular formula is C18H15FN2O3. The fourth-order valence-corrected chi connectivity index (χ4v) is 2.24. The molecule has 3 aromatic rings. The minimum absolute atomic E-state index is 0.123. The number of rotatable bonds is 4. The average molecular weight is 326 g/mol. The van der Waals surface area contributed by atoms with Gasteiger partial charge >= 0.3 is 0 Å². The van der Waals surface area contributed by atoms with E-state index < -0.39 is 5.91 Å². The molecule has 1 amide bonds. The fraction of sp³-hybridized carbons (Fsp3) is 0.111. The Kier molecular flexibility index (Phi) is 4.29. The maximum Gasteiger partial charge on any atom is 0.277 e.